The summed E-state index contributed by atoms with van der Waals surface area (Å²) in [5.74, 6) is 0.551. The third-order valence-corrected chi connectivity index (χ3v) is 9.60. The summed E-state index contributed by atoms with van der Waals surface area (Å²) in [5.41, 5.74) is -3.39. The molecule has 1 saturated heterocycles. The van der Waals surface area contributed by atoms with Crippen molar-refractivity contribution in [2.75, 3.05) is 25.6 Å². The number of thioether (sulfide) groups is 1. The summed E-state index contributed by atoms with van der Waals surface area (Å²) in [4.78, 5) is 38.2. The van der Waals surface area contributed by atoms with Gasteiger partial charge in [0, 0.05) is 35.5 Å². The van der Waals surface area contributed by atoms with Gasteiger partial charge in [-0.2, -0.15) is 0 Å². The molecule has 0 bridgehead atoms. The molecule has 1 aliphatic heterocycles. The van der Waals surface area contributed by atoms with Crippen LogP contribution in [0.25, 0.3) is 0 Å². The number of aromatic amines is 1. The van der Waals surface area contributed by atoms with Gasteiger partial charge in [-0.1, -0.05) is 39.5 Å². The third kappa shape index (κ3) is 8.92. The predicted octanol–water partition coefficient (Wildman–Crippen LogP) is 4.43. The number of halogens is 1. The quantitative estimate of drug-likeness (QED) is 0.247. The second kappa shape index (κ2) is 14.7. The van der Waals surface area contributed by atoms with Gasteiger partial charge in [0.2, 0.25) is 0 Å². The molecule has 224 valence electrons. The van der Waals surface area contributed by atoms with Crippen LogP contribution in [-0.4, -0.2) is 75.4 Å². The number of aromatic nitrogens is 2. The number of hydrogen-bond donors (Lipinski definition) is 1. The molecule has 1 N–H and O–H groups in total. The first-order valence-corrected chi connectivity index (χ1v) is 15.5. The number of hydrogen-bond acceptors (Lipinski definition) is 9. The average Bonchev–Trinajstić information content (AvgIpc) is 3.07. The van der Waals surface area contributed by atoms with E-state index in [1.165, 1.54) is 24.9 Å². The molecular weight excluding hydrogens is 548 g/mol. The van der Waals surface area contributed by atoms with Crippen LogP contribution >= 0.6 is 20.3 Å². The summed E-state index contributed by atoms with van der Waals surface area (Å²) in [6, 6.07) is 1.25. The van der Waals surface area contributed by atoms with Crippen molar-refractivity contribution in [2.24, 2.45) is 5.41 Å². The molecule has 1 aliphatic rings. The van der Waals surface area contributed by atoms with Crippen molar-refractivity contribution in [3.05, 3.63) is 33.1 Å². The molecule has 1 aromatic rings. The molecule has 0 aliphatic carbocycles. The number of H-pyrrole nitrogens is 1. The zero-order valence-corrected chi connectivity index (χ0v) is 26.3. The van der Waals surface area contributed by atoms with E-state index in [4.69, 9.17) is 18.5 Å². The fourth-order valence-electron chi connectivity index (χ4n) is 4.24. The van der Waals surface area contributed by atoms with Crippen LogP contribution in [-0.2, 0) is 29.0 Å². The molecule has 2 rings (SSSR count). The van der Waals surface area contributed by atoms with Gasteiger partial charge >= 0.3 is 5.69 Å². The maximum absolute atomic E-state index is 16.1. The molecule has 2 heterocycles. The zero-order valence-electron chi connectivity index (χ0n) is 24.6. The lowest BCUT2D eigenvalue weighted by Gasteiger charge is -2.37. The number of nitrogens with one attached hydrogen (secondary N) is 1. The van der Waals surface area contributed by atoms with E-state index >= 15 is 4.39 Å². The average molecular weight is 594 g/mol. The molecule has 0 spiro atoms. The monoisotopic (exact) mass is 593 g/mol. The maximum atomic E-state index is 16.1. The Hall–Kier alpha value is -1.14. The molecule has 2 unspecified atom stereocenters. The Balaban J connectivity index is 2.12. The summed E-state index contributed by atoms with van der Waals surface area (Å²) < 4.78 is 43.5. The Morgan fingerprint density at radius 3 is 2.41 bits per heavy atom. The number of nitrogens with zero attached hydrogens (tertiary/aromatic N) is 2. The largest absolute Gasteiger partial charge is 0.378 e. The SMILES string of the molecule is CC[C@H]1O[C@](C)(n2ccc(=O)[nH]c2=O)[C@@H](F)C1OP(OCCOCCSC(=O)C(C)(C)C)N(C(C)C)C(C)C. The summed E-state index contributed by atoms with van der Waals surface area (Å²) >= 11 is 1.25. The van der Waals surface area contributed by atoms with E-state index in [0.717, 1.165) is 10.6 Å². The topological polar surface area (TPSA) is 112 Å². The molecule has 0 amide bonds. The molecule has 13 heteroatoms. The first-order chi connectivity index (χ1) is 18.1. The van der Waals surface area contributed by atoms with Crippen molar-refractivity contribution >= 4 is 25.4 Å². The molecule has 5 atom stereocenters. The fraction of sp³-hybridized carbons (Fsp3) is 0.808. The minimum atomic E-state index is -1.72. The summed E-state index contributed by atoms with van der Waals surface area (Å²) in [6.45, 7) is 18.0. The summed E-state index contributed by atoms with van der Waals surface area (Å²) in [6.07, 6.45) is -1.69. The van der Waals surface area contributed by atoms with Gasteiger partial charge in [0.25, 0.3) is 14.1 Å². The van der Waals surface area contributed by atoms with Crippen LogP contribution in [0.5, 0.6) is 0 Å². The van der Waals surface area contributed by atoms with Crippen molar-refractivity contribution in [3.8, 4) is 0 Å². The minimum Gasteiger partial charge on any atom is -0.378 e. The number of carbonyl (C=O) groups is 1. The van der Waals surface area contributed by atoms with Gasteiger partial charge in [-0.15, -0.1) is 0 Å². The second-order valence-electron chi connectivity index (χ2n) is 11.2. The highest BCUT2D eigenvalue weighted by Gasteiger charge is 2.56. The summed E-state index contributed by atoms with van der Waals surface area (Å²) in [5, 5.41) is 0.116. The van der Waals surface area contributed by atoms with Gasteiger partial charge in [0.05, 0.1) is 25.9 Å². The lowest BCUT2D eigenvalue weighted by Crippen LogP contribution is -2.48. The van der Waals surface area contributed by atoms with Crippen LogP contribution in [0.2, 0.25) is 0 Å². The van der Waals surface area contributed by atoms with E-state index in [9.17, 15) is 14.4 Å². The lowest BCUT2D eigenvalue weighted by atomic mass is 10.00. The van der Waals surface area contributed by atoms with Gasteiger partial charge in [0.1, 0.15) is 6.10 Å². The van der Waals surface area contributed by atoms with Crippen LogP contribution < -0.4 is 11.2 Å². The Kier molecular flexibility index (Phi) is 12.8. The van der Waals surface area contributed by atoms with Crippen LogP contribution in [0.4, 0.5) is 4.39 Å². The normalized spacial score (nSPS) is 24.7. The maximum Gasteiger partial charge on any atom is 0.330 e. The molecule has 1 aromatic heterocycles. The fourth-order valence-corrected chi connectivity index (χ4v) is 6.80. The van der Waals surface area contributed by atoms with Crippen molar-refractivity contribution in [1.82, 2.24) is 14.2 Å². The van der Waals surface area contributed by atoms with Crippen molar-refractivity contribution in [2.45, 2.75) is 105 Å². The van der Waals surface area contributed by atoms with E-state index in [-0.39, 0.29) is 23.8 Å². The van der Waals surface area contributed by atoms with E-state index in [1.807, 2.05) is 55.4 Å². The number of alkyl halides is 1. The first kappa shape index (κ1) is 34.1. The van der Waals surface area contributed by atoms with Crippen LogP contribution in [0, 0.1) is 5.41 Å². The molecule has 10 nitrogen and oxygen atoms in total. The predicted molar refractivity (Wildman–Crippen MR) is 153 cm³/mol. The highest BCUT2D eigenvalue weighted by Crippen LogP contribution is 2.51. The standard InChI is InChI=1S/C26H45FN3O7PS/c1-10-19-21(22(27)26(9,36-19)29-12-11-20(31)28-24(29)33)37-38(30(17(2)3)18(4)5)35-14-13-34-15-16-39-23(32)25(6,7)8/h11-12,17-19,21-22H,10,13-16H2,1-9H3,(H,28,31,33)/t19-,21?,22+,26+,38?/m1/s1. The van der Waals surface area contributed by atoms with Crippen molar-refractivity contribution in [3.63, 3.8) is 0 Å². The summed E-state index contributed by atoms with van der Waals surface area (Å²) in [7, 11) is -1.72. The van der Waals surface area contributed by atoms with Crippen LogP contribution in [0.3, 0.4) is 0 Å². The van der Waals surface area contributed by atoms with E-state index in [1.54, 1.807) is 0 Å². The Morgan fingerprint density at radius 2 is 1.87 bits per heavy atom. The van der Waals surface area contributed by atoms with Gasteiger partial charge < -0.3 is 18.5 Å². The highest BCUT2D eigenvalue weighted by molar-refractivity contribution is 8.13. The minimum absolute atomic E-state index is 0.0468. The third-order valence-electron chi connectivity index (χ3n) is 6.22. The van der Waals surface area contributed by atoms with Gasteiger partial charge in [-0.05, 0) is 41.0 Å². The molecule has 0 saturated carbocycles. The van der Waals surface area contributed by atoms with Gasteiger partial charge in [-0.25, -0.2) is 13.9 Å². The second-order valence-corrected chi connectivity index (χ2v) is 13.7. The van der Waals surface area contributed by atoms with Crippen molar-refractivity contribution < 1.29 is 27.7 Å². The van der Waals surface area contributed by atoms with E-state index in [0.29, 0.717) is 25.4 Å². The molecule has 0 aromatic carbocycles. The first-order valence-electron chi connectivity index (χ1n) is 13.4. The van der Waals surface area contributed by atoms with Crippen molar-refractivity contribution in [1.29, 1.82) is 0 Å². The highest BCUT2D eigenvalue weighted by atomic mass is 32.2. The van der Waals surface area contributed by atoms with E-state index < -0.39 is 49.3 Å². The number of ether oxygens (including phenoxy) is 2. The molecular formula is C26H45FN3O7PS. The Morgan fingerprint density at radius 1 is 1.23 bits per heavy atom. The number of carbonyl (C=O) groups excluding carboxylic acids is 1. The van der Waals surface area contributed by atoms with Gasteiger partial charge in [-0.3, -0.25) is 19.1 Å². The van der Waals surface area contributed by atoms with Crippen LogP contribution in [0.1, 0.15) is 68.7 Å². The zero-order chi connectivity index (χ0) is 29.5. The smallest absolute Gasteiger partial charge is 0.330 e. The number of rotatable bonds is 14. The van der Waals surface area contributed by atoms with Crippen LogP contribution in [0.15, 0.2) is 21.9 Å². The Bertz CT molecular complexity index is 1040. The van der Waals surface area contributed by atoms with E-state index in [2.05, 4.69) is 9.65 Å². The molecule has 1 fully saturated rings. The molecule has 0 radical (unpaired) electrons. The van der Waals surface area contributed by atoms with Gasteiger partial charge in [0.15, 0.2) is 17.0 Å². The molecule has 39 heavy (non-hydrogen) atoms. The Labute approximate surface area is 236 Å². The lowest BCUT2D eigenvalue weighted by molar-refractivity contribution is -0.117.